The van der Waals surface area contributed by atoms with Crippen LogP contribution in [0.4, 0.5) is 5.69 Å². The second kappa shape index (κ2) is 6.36. The van der Waals surface area contributed by atoms with Gasteiger partial charge in [-0.3, -0.25) is 4.79 Å². The number of fused-ring (bicyclic) bond motifs is 3. The first-order valence-corrected chi connectivity index (χ1v) is 8.31. The molecule has 6 heteroatoms. The summed E-state index contributed by atoms with van der Waals surface area (Å²) < 4.78 is 1.47. The van der Waals surface area contributed by atoms with E-state index in [1.54, 1.807) is 6.20 Å². The van der Waals surface area contributed by atoms with E-state index < -0.39 is 0 Å². The molecular formula is C15H23ClN4O. The molecule has 1 aromatic rings. The van der Waals surface area contributed by atoms with Crippen LogP contribution in [0.1, 0.15) is 32.6 Å². The number of rotatable bonds is 5. The summed E-state index contributed by atoms with van der Waals surface area (Å²) in [5, 5.41) is 7.98. The topological polar surface area (TPSA) is 50.2 Å². The summed E-state index contributed by atoms with van der Waals surface area (Å²) in [6.45, 7) is 6.17. The molecule has 2 bridgehead atoms. The zero-order chi connectivity index (χ0) is 14.8. The molecule has 1 unspecified atom stereocenters. The van der Waals surface area contributed by atoms with Crippen LogP contribution in [-0.4, -0.2) is 40.4 Å². The molecule has 0 amide bonds. The number of hydrogen-bond acceptors (Lipinski definition) is 4. The van der Waals surface area contributed by atoms with Gasteiger partial charge in [-0.15, -0.1) is 0 Å². The van der Waals surface area contributed by atoms with E-state index in [0.717, 1.165) is 19.4 Å². The predicted octanol–water partition coefficient (Wildman–Crippen LogP) is 2.20. The summed E-state index contributed by atoms with van der Waals surface area (Å²) >= 11 is 6.25. The molecule has 0 spiro atoms. The summed E-state index contributed by atoms with van der Waals surface area (Å²) in [6, 6.07) is 0.387. The normalized spacial score (nSPS) is 27.8. The van der Waals surface area contributed by atoms with E-state index in [1.807, 2.05) is 0 Å². The molecule has 3 aliphatic rings. The highest BCUT2D eigenvalue weighted by molar-refractivity contribution is 6.32. The fourth-order valence-corrected chi connectivity index (χ4v) is 3.56. The third kappa shape index (κ3) is 3.09. The van der Waals surface area contributed by atoms with E-state index in [2.05, 4.69) is 22.2 Å². The van der Waals surface area contributed by atoms with Crippen molar-refractivity contribution >= 4 is 17.3 Å². The molecule has 21 heavy (non-hydrogen) atoms. The van der Waals surface area contributed by atoms with Gasteiger partial charge in [0.1, 0.15) is 5.02 Å². The van der Waals surface area contributed by atoms with Crippen molar-refractivity contribution < 1.29 is 0 Å². The highest BCUT2D eigenvalue weighted by atomic mass is 35.5. The zero-order valence-corrected chi connectivity index (χ0v) is 13.3. The highest BCUT2D eigenvalue weighted by Gasteiger charge is 2.34. The van der Waals surface area contributed by atoms with Crippen LogP contribution in [0.15, 0.2) is 11.0 Å². The first kappa shape index (κ1) is 14.9. The Morgan fingerprint density at radius 3 is 2.81 bits per heavy atom. The van der Waals surface area contributed by atoms with E-state index in [0.29, 0.717) is 24.2 Å². The van der Waals surface area contributed by atoms with Gasteiger partial charge in [-0.25, -0.2) is 4.68 Å². The minimum absolute atomic E-state index is 0.184. The Kier molecular flexibility index (Phi) is 4.50. The molecule has 1 atom stereocenters. The van der Waals surface area contributed by atoms with Crippen molar-refractivity contribution in [3.63, 3.8) is 0 Å². The number of aryl methyl sites for hydroxylation is 1. The van der Waals surface area contributed by atoms with Crippen molar-refractivity contribution in [2.45, 2.75) is 45.2 Å². The first-order chi connectivity index (χ1) is 10.2. The van der Waals surface area contributed by atoms with E-state index >= 15 is 0 Å². The van der Waals surface area contributed by atoms with Gasteiger partial charge in [-0.1, -0.05) is 24.9 Å². The van der Waals surface area contributed by atoms with E-state index in [1.165, 1.54) is 30.6 Å². The monoisotopic (exact) mass is 310 g/mol. The Balaban J connectivity index is 1.74. The molecule has 4 heterocycles. The fraction of sp³-hybridized carbons (Fsp3) is 0.733. The number of nitrogens with one attached hydrogen (secondary N) is 1. The van der Waals surface area contributed by atoms with Crippen molar-refractivity contribution in [3.8, 4) is 0 Å². The Morgan fingerprint density at radius 1 is 1.43 bits per heavy atom. The second-order valence-corrected chi connectivity index (χ2v) is 6.52. The lowest BCUT2D eigenvalue weighted by molar-refractivity contribution is 0.0975. The lowest BCUT2D eigenvalue weighted by atomic mass is 9.84. The lowest BCUT2D eigenvalue weighted by Gasteiger charge is -2.45. The Labute approximate surface area is 130 Å². The van der Waals surface area contributed by atoms with Gasteiger partial charge >= 0.3 is 0 Å². The molecule has 5 nitrogen and oxygen atoms in total. The van der Waals surface area contributed by atoms with Crippen LogP contribution in [-0.2, 0) is 6.54 Å². The van der Waals surface area contributed by atoms with Gasteiger partial charge in [0.25, 0.3) is 5.56 Å². The molecular weight excluding hydrogens is 288 g/mol. The maximum Gasteiger partial charge on any atom is 0.287 e. The summed E-state index contributed by atoms with van der Waals surface area (Å²) in [6.07, 6.45) is 6.14. The van der Waals surface area contributed by atoms with Gasteiger partial charge in [0, 0.05) is 19.1 Å². The van der Waals surface area contributed by atoms with Crippen LogP contribution < -0.4 is 10.9 Å². The predicted molar refractivity (Wildman–Crippen MR) is 85.0 cm³/mol. The molecule has 0 radical (unpaired) electrons. The number of anilines is 1. The molecule has 3 aliphatic heterocycles. The third-order valence-electron chi connectivity index (χ3n) is 4.71. The molecule has 0 aliphatic carbocycles. The average molecular weight is 311 g/mol. The molecule has 0 aromatic carbocycles. The minimum atomic E-state index is -0.184. The van der Waals surface area contributed by atoms with Crippen LogP contribution in [0.5, 0.6) is 0 Å². The van der Waals surface area contributed by atoms with E-state index in [4.69, 9.17) is 11.6 Å². The van der Waals surface area contributed by atoms with Crippen molar-refractivity contribution in [1.82, 2.24) is 14.7 Å². The Morgan fingerprint density at radius 2 is 2.19 bits per heavy atom. The lowest BCUT2D eigenvalue weighted by Crippen LogP contribution is -2.53. The van der Waals surface area contributed by atoms with Crippen LogP contribution in [0.25, 0.3) is 0 Å². The zero-order valence-electron chi connectivity index (χ0n) is 12.5. The van der Waals surface area contributed by atoms with Crippen molar-refractivity contribution in [2.75, 3.05) is 25.0 Å². The van der Waals surface area contributed by atoms with Crippen LogP contribution >= 0.6 is 11.6 Å². The van der Waals surface area contributed by atoms with Gasteiger partial charge in [0.05, 0.1) is 11.9 Å². The van der Waals surface area contributed by atoms with Crippen molar-refractivity contribution in [2.24, 2.45) is 5.92 Å². The van der Waals surface area contributed by atoms with Crippen LogP contribution in [0, 0.1) is 5.92 Å². The summed E-state index contributed by atoms with van der Waals surface area (Å²) in [7, 11) is 0. The molecule has 3 saturated heterocycles. The molecule has 3 fully saturated rings. The SMILES string of the molecule is CCCCn1ncc(NC2CN3CCC2CC3)c(Cl)c1=O. The molecule has 1 aromatic heterocycles. The third-order valence-corrected chi connectivity index (χ3v) is 5.07. The number of halogens is 1. The summed E-state index contributed by atoms with van der Waals surface area (Å²) in [5.41, 5.74) is 0.504. The molecule has 116 valence electrons. The number of piperidine rings is 3. The summed E-state index contributed by atoms with van der Waals surface area (Å²) in [4.78, 5) is 14.7. The quantitative estimate of drug-likeness (QED) is 0.906. The van der Waals surface area contributed by atoms with Crippen molar-refractivity contribution in [3.05, 3.63) is 21.6 Å². The number of unbranched alkanes of at least 4 members (excludes halogenated alkanes) is 1. The second-order valence-electron chi connectivity index (χ2n) is 6.14. The standard InChI is InChI=1S/C15H23ClN4O/c1-2-3-6-20-15(21)14(16)12(9-17-20)18-13-10-19-7-4-11(13)5-8-19/h9,11,13,18H,2-8,10H2,1H3. The fourth-order valence-electron chi connectivity index (χ4n) is 3.36. The van der Waals surface area contributed by atoms with Crippen LogP contribution in [0.3, 0.4) is 0 Å². The van der Waals surface area contributed by atoms with Gasteiger partial charge in [-0.05, 0) is 38.3 Å². The largest absolute Gasteiger partial charge is 0.378 e. The van der Waals surface area contributed by atoms with Gasteiger partial charge in [0.15, 0.2) is 0 Å². The van der Waals surface area contributed by atoms with E-state index in [9.17, 15) is 4.79 Å². The number of nitrogens with zero attached hydrogens (tertiary/aromatic N) is 3. The maximum atomic E-state index is 12.2. The van der Waals surface area contributed by atoms with E-state index in [-0.39, 0.29) is 10.6 Å². The number of hydrogen-bond donors (Lipinski definition) is 1. The van der Waals surface area contributed by atoms with Gasteiger partial charge < -0.3 is 10.2 Å². The Hall–Kier alpha value is -1.07. The molecule has 4 rings (SSSR count). The van der Waals surface area contributed by atoms with Crippen LogP contribution in [0.2, 0.25) is 5.02 Å². The van der Waals surface area contributed by atoms with Gasteiger partial charge in [0.2, 0.25) is 0 Å². The Bertz CT molecular complexity index is 551. The molecule has 0 saturated carbocycles. The first-order valence-electron chi connectivity index (χ1n) is 7.93. The van der Waals surface area contributed by atoms with Gasteiger partial charge in [-0.2, -0.15) is 5.10 Å². The number of aromatic nitrogens is 2. The smallest absolute Gasteiger partial charge is 0.287 e. The molecule has 1 N–H and O–H groups in total. The van der Waals surface area contributed by atoms with Crippen molar-refractivity contribution in [1.29, 1.82) is 0 Å². The maximum absolute atomic E-state index is 12.2. The minimum Gasteiger partial charge on any atom is -0.378 e. The summed E-state index contributed by atoms with van der Waals surface area (Å²) in [5.74, 6) is 0.689. The highest BCUT2D eigenvalue weighted by Crippen LogP contribution is 2.30. The average Bonchev–Trinajstić information content (AvgIpc) is 2.52.